The van der Waals surface area contributed by atoms with Crippen LogP contribution in [0.3, 0.4) is 0 Å². The summed E-state index contributed by atoms with van der Waals surface area (Å²) in [7, 11) is 0. The minimum absolute atomic E-state index is 0.238. The number of ether oxygens (including phenoxy) is 1. The number of hydrogen-bond acceptors (Lipinski definition) is 5. The monoisotopic (exact) mass is 454 g/mol. The van der Waals surface area contributed by atoms with E-state index < -0.39 is 23.3 Å². The maximum absolute atomic E-state index is 12.3. The largest absolute Gasteiger partial charge is 0.755 e. The molecule has 0 saturated heterocycles. The standard InChI is InChI=1S/C23H25N3O5S/c1-2-31-19-6-3-5-17(13-19)16-9-11-18(12-10-16)26(32(29)30)22-8-4-7-21-20(22)14-24-25(21)15-23(27)28/h3,5-6,9-14,22H,2,4,7-8,15H2,1H3,(H,27,28)(H,29,30)/p-1. The molecule has 0 amide bonds. The lowest BCUT2D eigenvalue weighted by atomic mass is 9.92. The summed E-state index contributed by atoms with van der Waals surface area (Å²) >= 11 is -2.51. The van der Waals surface area contributed by atoms with Crippen molar-refractivity contribution in [2.45, 2.75) is 38.8 Å². The van der Waals surface area contributed by atoms with E-state index in [9.17, 15) is 13.6 Å². The van der Waals surface area contributed by atoms with Crippen LogP contribution in [0.25, 0.3) is 11.1 Å². The van der Waals surface area contributed by atoms with Crippen molar-refractivity contribution in [3.63, 3.8) is 0 Å². The van der Waals surface area contributed by atoms with Gasteiger partial charge in [0.2, 0.25) is 0 Å². The minimum atomic E-state index is -2.51. The van der Waals surface area contributed by atoms with Crippen LogP contribution < -0.4 is 9.04 Å². The number of carboxylic acid groups (broad SMARTS) is 1. The summed E-state index contributed by atoms with van der Waals surface area (Å²) in [4.78, 5) is 11.1. The molecule has 1 N–H and O–H groups in total. The van der Waals surface area contributed by atoms with Crippen molar-refractivity contribution in [1.82, 2.24) is 9.78 Å². The number of hydrogen-bond donors (Lipinski definition) is 1. The summed E-state index contributed by atoms with van der Waals surface area (Å²) in [6, 6.07) is 14.7. The molecular weight excluding hydrogens is 430 g/mol. The van der Waals surface area contributed by atoms with Gasteiger partial charge in [-0.3, -0.25) is 18.0 Å². The van der Waals surface area contributed by atoms with E-state index in [-0.39, 0.29) is 6.54 Å². The highest BCUT2D eigenvalue weighted by atomic mass is 32.2. The molecule has 0 aliphatic heterocycles. The van der Waals surface area contributed by atoms with Gasteiger partial charge in [-0.25, -0.2) is 0 Å². The molecule has 0 radical (unpaired) electrons. The molecule has 1 aromatic heterocycles. The zero-order valence-corrected chi connectivity index (χ0v) is 18.5. The van der Waals surface area contributed by atoms with Gasteiger partial charge in [-0.1, -0.05) is 24.3 Å². The first kappa shape index (κ1) is 22.0. The number of carboxylic acids is 1. The van der Waals surface area contributed by atoms with E-state index in [4.69, 9.17) is 9.84 Å². The molecular formula is C23H24N3O5S-. The predicted octanol–water partition coefficient (Wildman–Crippen LogP) is 3.71. The Morgan fingerprint density at radius 3 is 2.75 bits per heavy atom. The third kappa shape index (κ3) is 4.53. The van der Waals surface area contributed by atoms with Crippen molar-refractivity contribution in [1.29, 1.82) is 0 Å². The van der Waals surface area contributed by atoms with Crippen LogP contribution in [-0.4, -0.2) is 36.2 Å². The molecule has 2 aromatic carbocycles. The van der Waals surface area contributed by atoms with Crippen LogP contribution >= 0.6 is 0 Å². The van der Waals surface area contributed by atoms with E-state index in [1.807, 2.05) is 43.3 Å². The minimum Gasteiger partial charge on any atom is -0.755 e. The van der Waals surface area contributed by atoms with Crippen molar-refractivity contribution in [2.24, 2.45) is 0 Å². The van der Waals surface area contributed by atoms with Gasteiger partial charge in [-0.05, 0) is 61.6 Å². The summed E-state index contributed by atoms with van der Waals surface area (Å²) in [5.74, 6) is -0.198. The second kappa shape index (κ2) is 9.54. The third-order valence-electron chi connectivity index (χ3n) is 5.56. The first-order valence-electron chi connectivity index (χ1n) is 10.5. The second-order valence-corrected chi connectivity index (χ2v) is 8.38. The van der Waals surface area contributed by atoms with Crippen molar-refractivity contribution in [3.05, 3.63) is 66.0 Å². The Kier molecular flexibility index (Phi) is 6.57. The van der Waals surface area contributed by atoms with Crippen LogP contribution in [0.15, 0.2) is 54.7 Å². The fraction of sp³-hybridized carbons (Fsp3) is 0.304. The molecule has 2 atom stereocenters. The lowest BCUT2D eigenvalue weighted by Crippen LogP contribution is -2.33. The molecule has 1 aliphatic rings. The summed E-state index contributed by atoms with van der Waals surface area (Å²) < 4.78 is 32.9. The zero-order valence-electron chi connectivity index (χ0n) is 17.6. The first-order valence-corrected chi connectivity index (χ1v) is 11.5. The Bertz CT molecular complexity index is 1130. The molecule has 0 spiro atoms. The highest BCUT2D eigenvalue weighted by Crippen LogP contribution is 2.38. The van der Waals surface area contributed by atoms with E-state index in [1.54, 1.807) is 18.3 Å². The maximum atomic E-state index is 12.3. The number of rotatable bonds is 8. The predicted molar refractivity (Wildman–Crippen MR) is 120 cm³/mol. The molecule has 9 heteroatoms. The average molecular weight is 455 g/mol. The van der Waals surface area contributed by atoms with Gasteiger partial charge in [0.1, 0.15) is 12.3 Å². The summed E-state index contributed by atoms with van der Waals surface area (Å²) in [5.41, 5.74) is 4.02. The fourth-order valence-electron chi connectivity index (χ4n) is 4.21. The van der Waals surface area contributed by atoms with Gasteiger partial charge < -0.3 is 14.4 Å². The molecule has 0 saturated carbocycles. The molecule has 1 heterocycles. The molecule has 3 aromatic rings. The Balaban J connectivity index is 1.64. The Morgan fingerprint density at radius 2 is 2.06 bits per heavy atom. The van der Waals surface area contributed by atoms with E-state index in [0.717, 1.165) is 34.6 Å². The van der Waals surface area contributed by atoms with Crippen molar-refractivity contribution >= 4 is 22.9 Å². The van der Waals surface area contributed by atoms with E-state index in [1.165, 1.54) is 8.99 Å². The Morgan fingerprint density at radius 1 is 1.28 bits per heavy atom. The van der Waals surface area contributed by atoms with Crippen LogP contribution in [0.5, 0.6) is 5.75 Å². The average Bonchev–Trinajstić information content (AvgIpc) is 3.18. The summed E-state index contributed by atoms with van der Waals surface area (Å²) in [6.07, 6.45) is 3.65. The molecule has 0 bridgehead atoms. The summed E-state index contributed by atoms with van der Waals surface area (Å²) in [5, 5.41) is 13.3. The topological polar surface area (TPSA) is 108 Å². The number of carbonyl (C=O) groups is 1. The van der Waals surface area contributed by atoms with Crippen LogP contribution in [0.4, 0.5) is 5.69 Å². The SMILES string of the molecule is CCOc1cccc(-c2ccc(N(C3CCCc4c3cnn4CC(=O)O)S(=O)[O-])cc2)c1. The molecule has 0 fully saturated rings. The number of anilines is 1. The number of benzene rings is 2. The molecule has 8 nitrogen and oxygen atoms in total. The van der Waals surface area contributed by atoms with Crippen molar-refractivity contribution < 1.29 is 23.4 Å². The normalized spacial score (nSPS) is 16.2. The van der Waals surface area contributed by atoms with Gasteiger partial charge in [0, 0.05) is 28.2 Å². The van der Waals surface area contributed by atoms with E-state index in [2.05, 4.69) is 5.10 Å². The molecule has 1 aliphatic carbocycles. The van der Waals surface area contributed by atoms with Crippen LogP contribution in [0.1, 0.15) is 37.1 Å². The molecule has 32 heavy (non-hydrogen) atoms. The number of aromatic nitrogens is 2. The zero-order chi connectivity index (χ0) is 22.7. The summed E-state index contributed by atoms with van der Waals surface area (Å²) in [6.45, 7) is 2.28. The fourth-order valence-corrected chi connectivity index (χ4v) is 4.93. The van der Waals surface area contributed by atoms with Crippen molar-refractivity contribution in [3.8, 4) is 16.9 Å². The lowest BCUT2D eigenvalue weighted by molar-refractivity contribution is -0.137. The van der Waals surface area contributed by atoms with Gasteiger partial charge >= 0.3 is 5.97 Å². The highest BCUT2D eigenvalue weighted by Gasteiger charge is 2.30. The molecule has 4 rings (SSSR count). The number of fused-ring (bicyclic) bond motifs is 1. The van der Waals surface area contributed by atoms with Crippen LogP contribution in [-0.2, 0) is 29.0 Å². The smallest absolute Gasteiger partial charge is 0.325 e. The third-order valence-corrected chi connectivity index (χ3v) is 6.35. The Hall–Kier alpha value is -3.17. The highest BCUT2D eigenvalue weighted by molar-refractivity contribution is 7.80. The number of aliphatic carboxylic acids is 1. The molecule has 168 valence electrons. The quantitative estimate of drug-likeness (QED) is 0.520. The van der Waals surface area contributed by atoms with Gasteiger partial charge in [-0.2, -0.15) is 5.10 Å². The lowest BCUT2D eigenvalue weighted by Gasteiger charge is -2.37. The van der Waals surface area contributed by atoms with E-state index in [0.29, 0.717) is 25.1 Å². The maximum Gasteiger partial charge on any atom is 0.325 e. The van der Waals surface area contributed by atoms with Crippen LogP contribution in [0, 0.1) is 0 Å². The van der Waals surface area contributed by atoms with E-state index >= 15 is 0 Å². The van der Waals surface area contributed by atoms with Gasteiger partial charge in [0.15, 0.2) is 0 Å². The number of nitrogens with zero attached hydrogens (tertiary/aromatic N) is 3. The first-order chi connectivity index (χ1) is 15.5. The van der Waals surface area contributed by atoms with Crippen molar-refractivity contribution in [2.75, 3.05) is 10.9 Å². The van der Waals surface area contributed by atoms with Gasteiger partial charge in [-0.15, -0.1) is 0 Å². The van der Waals surface area contributed by atoms with Gasteiger partial charge in [0.05, 0.1) is 18.8 Å². The van der Waals surface area contributed by atoms with Crippen LogP contribution in [0.2, 0.25) is 0 Å². The Labute approximate surface area is 188 Å². The molecule has 2 unspecified atom stereocenters. The van der Waals surface area contributed by atoms with Gasteiger partial charge in [0.25, 0.3) is 0 Å². The second-order valence-electron chi connectivity index (χ2n) is 7.56.